The Morgan fingerprint density at radius 2 is 1.74 bits per heavy atom. The maximum atomic E-state index is 13.2. The second kappa shape index (κ2) is 7.83. The van der Waals surface area contributed by atoms with Gasteiger partial charge < -0.3 is 14.4 Å². The van der Waals surface area contributed by atoms with E-state index in [-0.39, 0.29) is 24.1 Å². The normalized spacial score (nSPS) is 20.4. The zero-order valence-electron chi connectivity index (χ0n) is 18.2. The first-order valence-corrected chi connectivity index (χ1v) is 11.1. The van der Waals surface area contributed by atoms with Gasteiger partial charge in [0.2, 0.25) is 6.79 Å². The van der Waals surface area contributed by atoms with E-state index in [1.165, 1.54) is 12.1 Å². The highest BCUT2D eigenvalue weighted by Crippen LogP contribution is 2.45. The molecular formula is C25H29FN2O3. The summed E-state index contributed by atoms with van der Waals surface area (Å²) in [4.78, 5) is 17.6. The molecule has 0 aromatic heterocycles. The highest BCUT2D eigenvalue weighted by molar-refractivity contribution is 6.00. The smallest absolute Gasteiger partial charge is 0.255 e. The van der Waals surface area contributed by atoms with Crippen molar-refractivity contribution in [3.05, 3.63) is 58.9 Å². The van der Waals surface area contributed by atoms with E-state index in [4.69, 9.17) is 9.47 Å². The molecule has 3 aliphatic heterocycles. The Balaban J connectivity index is 1.17. The maximum Gasteiger partial charge on any atom is 0.255 e. The van der Waals surface area contributed by atoms with Gasteiger partial charge in [-0.1, -0.05) is 12.1 Å². The van der Waals surface area contributed by atoms with Crippen molar-refractivity contribution in [2.45, 2.75) is 45.2 Å². The molecule has 5 rings (SSSR count). The van der Waals surface area contributed by atoms with Crippen molar-refractivity contribution in [2.24, 2.45) is 5.92 Å². The molecule has 0 spiro atoms. The van der Waals surface area contributed by atoms with Gasteiger partial charge in [-0.05, 0) is 87.5 Å². The monoisotopic (exact) mass is 424 g/mol. The van der Waals surface area contributed by atoms with Crippen LogP contribution in [0.15, 0.2) is 36.4 Å². The van der Waals surface area contributed by atoms with Crippen LogP contribution in [0.25, 0.3) is 0 Å². The van der Waals surface area contributed by atoms with Gasteiger partial charge in [-0.15, -0.1) is 0 Å². The van der Waals surface area contributed by atoms with Crippen LogP contribution in [0.1, 0.15) is 54.6 Å². The SMILES string of the molecule is CC1(C)c2cc3c(cc2C(=O)N1CCC1CCN(Cc2ccc(F)cc2)CC1)OCO3. The topological polar surface area (TPSA) is 42.0 Å². The van der Waals surface area contributed by atoms with Crippen molar-refractivity contribution >= 4 is 5.91 Å². The highest BCUT2D eigenvalue weighted by Gasteiger charge is 2.44. The number of ether oxygens (including phenoxy) is 2. The molecule has 2 aromatic rings. The van der Waals surface area contributed by atoms with Crippen molar-refractivity contribution in [3.63, 3.8) is 0 Å². The number of hydrogen-bond acceptors (Lipinski definition) is 4. The van der Waals surface area contributed by atoms with E-state index in [0.717, 1.165) is 67.9 Å². The number of carbonyl (C=O) groups excluding carboxylic acids is 1. The highest BCUT2D eigenvalue weighted by atomic mass is 19.1. The van der Waals surface area contributed by atoms with E-state index >= 15 is 0 Å². The van der Waals surface area contributed by atoms with Gasteiger partial charge >= 0.3 is 0 Å². The second-order valence-corrected chi connectivity index (χ2v) is 9.40. The molecular weight excluding hydrogens is 395 g/mol. The van der Waals surface area contributed by atoms with Crippen LogP contribution in [-0.4, -0.2) is 42.1 Å². The Morgan fingerprint density at radius 3 is 2.45 bits per heavy atom. The predicted octanol–water partition coefficient (Wildman–Crippen LogP) is 4.55. The van der Waals surface area contributed by atoms with E-state index in [9.17, 15) is 9.18 Å². The van der Waals surface area contributed by atoms with Crippen LogP contribution in [-0.2, 0) is 12.1 Å². The van der Waals surface area contributed by atoms with Gasteiger partial charge in [0.05, 0.1) is 5.54 Å². The number of hydrogen-bond donors (Lipinski definition) is 0. The average molecular weight is 425 g/mol. The van der Waals surface area contributed by atoms with Gasteiger partial charge in [0, 0.05) is 18.7 Å². The molecule has 6 heteroatoms. The Hall–Kier alpha value is -2.60. The Kier molecular flexibility index (Phi) is 5.13. The van der Waals surface area contributed by atoms with E-state index in [0.29, 0.717) is 11.7 Å². The fourth-order valence-corrected chi connectivity index (χ4v) is 5.14. The van der Waals surface area contributed by atoms with E-state index in [1.807, 2.05) is 29.2 Å². The number of halogens is 1. The summed E-state index contributed by atoms with van der Waals surface area (Å²) in [6.07, 6.45) is 3.28. The molecule has 1 fully saturated rings. The molecule has 3 heterocycles. The van der Waals surface area contributed by atoms with E-state index in [2.05, 4.69) is 18.7 Å². The largest absolute Gasteiger partial charge is 0.454 e. The minimum atomic E-state index is -0.351. The van der Waals surface area contributed by atoms with E-state index < -0.39 is 0 Å². The number of rotatable bonds is 5. The van der Waals surface area contributed by atoms with Gasteiger partial charge in [-0.3, -0.25) is 9.69 Å². The molecule has 164 valence electrons. The summed E-state index contributed by atoms with van der Waals surface area (Å²) in [5.74, 6) is 1.92. The van der Waals surface area contributed by atoms with Crippen LogP contribution in [0.2, 0.25) is 0 Å². The van der Waals surface area contributed by atoms with E-state index in [1.54, 1.807) is 0 Å². The predicted molar refractivity (Wildman–Crippen MR) is 116 cm³/mol. The van der Waals surface area contributed by atoms with Gasteiger partial charge in [0.15, 0.2) is 11.5 Å². The molecule has 0 N–H and O–H groups in total. The molecule has 5 nitrogen and oxygen atoms in total. The molecule has 0 bridgehead atoms. The molecule has 0 aliphatic carbocycles. The zero-order chi connectivity index (χ0) is 21.6. The third-order valence-corrected chi connectivity index (χ3v) is 7.11. The Bertz CT molecular complexity index is 981. The number of likely N-dealkylation sites (tertiary alicyclic amines) is 1. The molecule has 0 unspecified atom stereocenters. The van der Waals surface area contributed by atoms with Crippen molar-refractivity contribution in [1.29, 1.82) is 0 Å². The number of nitrogens with zero attached hydrogens (tertiary/aromatic N) is 2. The summed E-state index contributed by atoms with van der Waals surface area (Å²) in [5, 5.41) is 0. The number of benzene rings is 2. The molecule has 3 aliphatic rings. The summed E-state index contributed by atoms with van der Waals surface area (Å²) in [5.41, 5.74) is 2.57. The summed E-state index contributed by atoms with van der Waals surface area (Å²) in [6, 6.07) is 10.6. The van der Waals surface area contributed by atoms with Crippen LogP contribution in [0.5, 0.6) is 11.5 Å². The summed E-state index contributed by atoms with van der Waals surface area (Å²) >= 11 is 0. The molecule has 0 saturated carbocycles. The number of piperidine rings is 1. The Morgan fingerprint density at radius 1 is 1.06 bits per heavy atom. The lowest BCUT2D eigenvalue weighted by Crippen LogP contribution is -2.41. The molecule has 0 atom stereocenters. The first-order valence-electron chi connectivity index (χ1n) is 11.1. The van der Waals surface area contributed by atoms with Crippen molar-refractivity contribution in [1.82, 2.24) is 9.80 Å². The first kappa shape index (κ1) is 20.3. The molecule has 0 radical (unpaired) electrons. The lowest BCUT2D eigenvalue weighted by molar-refractivity contribution is 0.0583. The summed E-state index contributed by atoms with van der Waals surface area (Å²) in [7, 11) is 0. The average Bonchev–Trinajstić information content (AvgIpc) is 3.29. The van der Waals surface area contributed by atoms with Crippen LogP contribution in [0.4, 0.5) is 4.39 Å². The molecule has 31 heavy (non-hydrogen) atoms. The number of carbonyl (C=O) groups is 1. The van der Waals surface area contributed by atoms with Gasteiger partial charge in [-0.25, -0.2) is 4.39 Å². The minimum absolute atomic E-state index is 0.0899. The van der Waals surface area contributed by atoms with Gasteiger partial charge in [0.1, 0.15) is 5.82 Å². The zero-order valence-corrected chi connectivity index (χ0v) is 18.2. The summed E-state index contributed by atoms with van der Waals surface area (Å²) in [6.45, 7) is 8.16. The second-order valence-electron chi connectivity index (χ2n) is 9.40. The lowest BCUT2D eigenvalue weighted by atomic mass is 9.91. The minimum Gasteiger partial charge on any atom is -0.454 e. The number of fused-ring (bicyclic) bond motifs is 2. The third kappa shape index (κ3) is 3.78. The fraction of sp³-hybridized carbons (Fsp3) is 0.480. The van der Waals surface area contributed by atoms with Crippen LogP contribution in [0.3, 0.4) is 0 Å². The van der Waals surface area contributed by atoms with Crippen LogP contribution < -0.4 is 9.47 Å². The van der Waals surface area contributed by atoms with Crippen LogP contribution in [0, 0.1) is 11.7 Å². The van der Waals surface area contributed by atoms with Crippen molar-refractivity contribution in [3.8, 4) is 11.5 Å². The third-order valence-electron chi connectivity index (χ3n) is 7.11. The molecule has 1 amide bonds. The molecule has 2 aromatic carbocycles. The summed E-state index contributed by atoms with van der Waals surface area (Å²) < 4.78 is 24.1. The maximum absolute atomic E-state index is 13.2. The quantitative estimate of drug-likeness (QED) is 0.706. The van der Waals surface area contributed by atoms with Crippen molar-refractivity contribution < 1.29 is 18.7 Å². The van der Waals surface area contributed by atoms with Crippen molar-refractivity contribution in [2.75, 3.05) is 26.4 Å². The first-order chi connectivity index (χ1) is 14.9. The lowest BCUT2D eigenvalue weighted by Gasteiger charge is -2.36. The van der Waals surface area contributed by atoms with Gasteiger partial charge in [0.25, 0.3) is 5.91 Å². The van der Waals surface area contributed by atoms with Gasteiger partial charge in [-0.2, -0.15) is 0 Å². The fourth-order valence-electron chi connectivity index (χ4n) is 5.14. The van der Waals surface area contributed by atoms with Crippen LogP contribution >= 0.6 is 0 Å². The number of amides is 1. The standard InChI is InChI=1S/C25H29FN2O3/c1-25(2)21-14-23-22(30-16-31-23)13-20(21)24(29)28(25)12-9-17-7-10-27(11-8-17)15-18-3-5-19(26)6-4-18/h3-6,13-14,17H,7-12,15-16H2,1-2H3. The molecule has 1 saturated heterocycles. The Labute approximate surface area is 182 Å².